The van der Waals surface area contributed by atoms with E-state index in [-0.39, 0.29) is 23.5 Å². The second kappa shape index (κ2) is 6.70. The third kappa shape index (κ3) is 3.79. The fraction of sp³-hybridized carbons (Fsp3) is 0.462. The predicted octanol–water partition coefficient (Wildman–Crippen LogP) is 1.82. The second-order valence-corrected chi connectivity index (χ2v) is 9.93. The minimum Gasteiger partial charge on any atom is -0.351 e. The summed E-state index contributed by atoms with van der Waals surface area (Å²) < 4.78 is 24.5. The topological polar surface area (TPSA) is 93.4 Å². The van der Waals surface area contributed by atoms with Crippen molar-refractivity contribution in [3.63, 3.8) is 0 Å². The number of sulfone groups is 1. The normalized spacial score (nSPS) is 21.0. The Labute approximate surface area is 153 Å². The van der Waals surface area contributed by atoms with E-state index in [0.29, 0.717) is 27.3 Å². The molecule has 0 radical (unpaired) electrons. The molecule has 2 aromatic rings. The van der Waals surface area contributed by atoms with Crippen LogP contribution in [0.25, 0.3) is 5.65 Å². The number of nitrogens with zero attached hydrogens (tertiary/aromatic N) is 3. The van der Waals surface area contributed by atoms with Crippen molar-refractivity contribution >= 4 is 56.4 Å². The van der Waals surface area contributed by atoms with Gasteiger partial charge < -0.3 is 5.32 Å². The van der Waals surface area contributed by atoms with Crippen molar-refractivity contribution in [1.82, 2.24) is 19.9 Å². The molecule has 3 heterocycles. The number of nitrogens with one attached hydrogen (secondary N) is 1. The van der Waals surface area contributed by atoms with Gasteiger partial charge in [0.2, 0.25) is 5.91 Å². The van der Waals surface area contributed by atoms with Crippen LogP contribution in [0.3, 0.4) is 0 Å². The van der Waals surface area contributed by atoms with Crippen LogP contribution in [0.1, 0.15) is 13.3 Å². The number of thioether (sulfide) groups is 1. The number of aromatic nitrogens is 3. The molecule has 1 saturated heterocycles. The molecule has 1 fully saturated rings. The van der Waals surface area contributed by atoms with Gasteiger partial charge in [0.25, 0.3) is 0 Å². The molecule has 1 N–H and O–H groups in total. The van der Waals surface area contributed by atoms with Crippen LogP contribution in [0.5, 0.6) is 0 Å². The Hall–Kier alpha value is -1.03. The van der Waals surface area contributed by atoms with Crippen LogP contribution in [0, 0.1) is 0 Å². The number of pyridine rings is 1. The minimum atomic E-state index is -3.03. The van der Waals surface area contributed by atoms with Crippen molar-refractivity contribution in [2.24, 2.45) is 0 Å². The van der Waals surface area contributed by atoms with E-state index in [0.717, 1.165) is 0 Å². The minimum absolute atomic E-state index is 0.00476. The van der Waals surface area contributed by atoms with Crippen molar-refractivity contribution in [2.45, 2.75) is 29.8 Å². The maximum absolute atomic E-state index is 12.3. The Morgan fingerprint density at radius 3 is 2.88 bits per heavy atom. The number of carbonyl (C=O) groups is 1. The smallest absolute Gasteiger partial charge is 0.233 e. The third-order valence-electron chi connectivity index (χ3n) is 3.63. The highest BCUT2D eigenvalue weighted by atomic mass is 35.5. The predicted molar refractivity (Wildman–Crippen MR) is 93.5 cm³/mol. The molecule has 11 heteroatoms. The van der Waals surface area contributed by atoms with Crippen LogP contribution in [0.4, 0.5) is 0 Å². The summed E-state index contributed by atoms with van der Waals surface area (Å²) in [5.74, 6) is -0.132. The quantitative estimate of drug-likeness (QED) is 0.775. The summed E-state index contributed by atoms with van der Waals surface area (Å²) in [5, 5.41) is 11.6. The molecule has 1 aliphatic heterocycles. The molecule has 2 atom stereocenters. The average Bonchev–Trinajstić information content (AvgIpc) is 3.02. The fourth-order valence-corrected chi connectivity index (χ4v) is 5.44. The highest BCUT2D eigenvalue weighted by Gasteiger charge is 2.30. The highest BCUT2D eigenvalue weighted by Crippen LogP contribution is 2.27. The van der Waals surface area contributed by atoms with Gasteiger partial charge in [0.1, 0.15) is 0 Å². The molecule has 0 aromatic carbocycles. The van der Waals surface area contributed by atoms with Gasteiger partial charge in [-0.2, -0.15) is 0 Å². The van der Waals surface area contributed by atoms with E-state index < -0.39 is 15.1 Å². The molecular formula is C13H14Cl2N4O3S2. The van der Waals surface area contributed by atoms with Crippen LogP contribution in [-0.2, 0) is 14.6 Å². The zero-order valence-electron chi connectivity index (χ0n) is 12.6. The molecule has 24 heavy (non-hydrogen) atoms. The van der Waals surface area contributed by atoms with E-state index in [4.69, 9.17) is 23.2 Å². The zero-order chi connectivity index (χ0) is 17.5. The first kappa shape index (κ1) is 17.8. The monoisotopic (exact) mass is 408 g/mol. The first-order chi connectivity index (χ1) is 11.2. The number of halogens is 2. The van der Waals surface area contributed by atoms with Gasteiger partial charge in [-0.05, 0) is 19.4 Å². The van der Waals surface area contributed by atoms with Crippen LogP contribution < -0.4 is 5.32 Å². The van der Waals surface area contributed by atoms with Crippen molar-refractivity contribution in [3.8, 4) is 0 Å². The first-order valence-corrected chi connectivity index (χ1v) is 10.6. The Balaban J connectivity index is 1.71. The van der Waals surface area contributed by atoms with Crippen LogP contribution in [0.15, 0.2) is 17.4 Å². The summed E-state index contributed by atoms with van der Waals surface area (Å²) in [5.41, 5.74) is 0.457. The number of carbonyl (C=O) groups excluding carboxylic acids is 1. The van der Waals surface area contributed by atoms with Crippen LogP contribution in [0.2, 0.25) is 10.0 Å². The summed E-state index contributed by atoms with van der Waals surface area (Å²) in [6.45, 7) is 1.72. The summed E-state index contributed by atoms with van der Waals surface area (Å²) in [4.78, 5) is 12.3. The maximum Gasteiger partial charge on any atom is 0.233 e. The Morgan fingerprint density at radius 2 is 2.21 bits per heavy atom. The molecular weight excluding hydrogens is 395 g/mol. The van der Waals surface area contributed by atoms with Crippen molar-refractivity contribution in [2.75, 3.05) is 11.5 Å². The van der Waals surface area contributed by atoms with E-state index in [1.54, 1.807) is 23.6 Å². The number of hydrogen-bond acceptors (Lipinski definition) is 6. The van der Waals surface area contributed by atoms with Gasteiger partial charge in [0.15, 0.2) is 20.6 Å². The van der Waals surface area contributed by atoms with E-state index in [9.17, 15) is 13.2 Å². The molecule has 130 valence electrons. The summed E-state index contributed by atoms with van der Waals surface area (Å²) in [7, 11) is -3.03. The van der Waals surface area contributed by atoms with Gasteiger partial charge in [-0.3, -0.25) is 9.20 Å². The van der Waals surface area contributed by atoms with E-state index >= 15 is 0 Å². The van der Waals surface area contributed by atoms with Gasteiger partial charge in [0.05, 0.1) is 26.8 Å². The largest absolute Gasteiger partial charge is 0.351 e. The zero-order valence-corrected chi connectivity index (χ0v) is 15.7. The van der Waals surface area contributed by atoms with Gasteiger partial charge in [0, 0.05) is 12.2 Å². The fourth-order valence-electron chi connectivity index (χ4n) is 2.42. The van der Waals surface area contributed by atoms with E-state index in [2.05, 4.69) is 15.5 Å². The van der Waals surface area contributed by atoms with Crippen LogP contribution >= 0.6 is 35.0 Å². The summed E-state index contributed by atoms with van der Waals surface area (Å²) in [6, 6.07) is 1.24. The third-order valence-corrected chi connectivity index (χ3v) is 6.94. The lowest BCUT2D eigenvalue weighted by Crippen LogP contribution is -2.40. The SMILES string of the molecule is C[C@H](Sc1nnc2c(Cl)cc(Cl)cn12)C(=O)N[C@H]1CCS(=O)(=O)C1. The molecule has 3 rings (SSSR count). The number of hydrogen-bond donors (Lipinski definition) is 1. The van der Waals surface area contributed by atoms with Crippen LogP contribution in [-0.4, -0.2) is 51.7 Å². The molecule has 1 aliphatic rings. The van der Waals surface area contributed by atoms with Gasteiger partial charge in [-0.15, -0.1) is 10.2 Å². The number of rotatable bonds is 4. The van der Waals surface area contributed by atoms with Gasteiger partial charge in [-0.1, -0.05) is 35.0 Å². The average molecular weight is 409 g/mol. The molecule has 2 aromatic heterocycles. The van der Waals surface area contributed by atoms with E-state index in [1.165, 1.54) is 11.8 Å². The molecule has 1 amide bonds. The number of fused-ring (bicyclic) bond motifs is 1. The maximum atomic E-state index is 12.3. The molecule has 0 unspecified atom stereocenters. The second-order valence-electron chi connectivity index (χ2n) is 5.55. The van der Waals surface area contributed by atoms with Gasteiger partial charge in [-0.25, -0.2) is 8.42 Å². The standard InChI is InChI=1S/C13H14Cl2N4O3S2/c1-7(12(20)16-9-2-3-24(21,22)6-9)23-13-18-17-11-10(15)4-8(14)5-19(11)13/h4-5,7,9H,2-3,6H2,1H3,(H,16,20)/t7-,9-/m0/s1. The first-order valence-electron chi connectivity index (χ1n) is 7.12. The molecule has 0 bridgehead atoms. The van der Waals surface area contributed by atoms with Crippen molar-refractivity contribution in [1.29, 1.82) is 0 Å². The van der Waals surface area contributed by atoms with Gasteiger partial charge >= 0.3 is 0 Å². The van der Waals surface area contributed by atoms with Crippen molar-refractivity contribution < 1.29 is 13.2 Å². The lowest BCUT2D eigenvalue weighted by Gasteiger charge is -2.14. The Kier molecular flexibility index (Phi) is 4.96. The lowest BCUT2D eigenvalue weighted by molar-refractivity contribution is -0.120. The van der Waals surface area contributed by atoms with Crippen molar-refractivity contribution in [3.05, 3.63) is 22.3 Å². The summed E-state index contributed by atoms with van der Waals surface area (Å²) >= 11 is 13.2. The number of amides is 1. The molecule has 0 saturated carbocycles. The Morgan fingerprint density at radius 1 is 1.46 bits per heavy atom. The Bertz CT molecular complexity index is 900. The lowest BCUT2D eigenvalue weighted by atomic mass is 10.2. The molecule has 0 aliphatic carbocycles. The van der Waals surface area contributed by atoms with E-state index in [1.807, 2.05) is 0 Å². The molecule has 7 nitrogen and oxygen atoms in total. The molecule has 0 spiro atoms. The summed E-state index contributed by atoms with van der Waals surface area (Å²) in [6.07, 6.45) is 2.07. The highest BCUT2D eigenvalue weighted by molar-refractivity contribution is 8.00.